The normalized spacial score (nSPS) is 16.4. The molecule has 6 heteroatoms. The number of pyridine rings is 2. The number of nitrogens with zero attached hydrogens (tertiary/aromatic N) is 2. The van der Waals surface area contributed by atoms with Gasteiger partial charge in [0.1, 0.15) is 0 Å². The summed E-state index contributed by atoms with van der Waals surface area (Å²) in [5.41, 5.74) is 14.0. The summed E-state index contributed by atoms with van der Waals surface area (Å²) in [4.78, 5) is 24.3. The molecule has 0 unspecified atom stereocenters. The number of carboxylic acid groups (broad SMARTS) is 1. The Balaban J connectivity index is 1.64. The highest BCUT2D eigenvalue weighted by Crippen LogP contribution is 2.41. The zero-order valence-electron chi connectivity index (χ0n) is 15.7. The van der Waals surface area contributed by atoms with Crippen molar-refractivity contribution < 1.29 is 9.90 Å². The van der Waals surface area contributed by atoms with E-state index in [0.717, 1.165) is 64.2 Å². The van der Waals surface area contributed by atoms with Gasteiger partial charge in [-0.25, -0.2) is 4.79 Å². The number of nitrogens with one attached hydrogen (secondary N) is 1. The molecular formula is C22H22N4O2. The SMILES string of the molecule is Cc1cncc(-c2cc3c(cn2)CCc2c-3[nH]c(CC3(N)CC3)c2C(=O)O)c1. The summed E-state index contributed by atoms with van der Waals surface area (Å²) in [7, 11) is 0. The van der Waals surface area contributed by atoms with E-state index in [1.807, 2.05) is 25.4 Å². The van der Waals surface area contributed by atoms with Crippen molar-refractivity contribution in [1.29, 1.82) is 0 Å². The Morgan fingerprint density at radius 1 is 1.25 bits per heavy atom. The fourth-order valence-corrected chi connectivity index (χ4v) is 4.18. The van der Waals surface area contributed by atoms with Crippen LogP contribution in [0.15, 0.2) is 30.7 Å². The molecule has 2 aliphatic carbocycles. The summed E-state index contributed by atoms with van der Waals surface area (Å²) in [6, 6.07) is 4.10. The molecule has 0 saturated heterocycles. The van der Waals surface area contributed by atoms with Gasteiger partial charge in [-0.2, -0.15) is 0 Å². The molecule has 0 aliphatic heterocycles. The minimum absolute atomic E-state index is 0.253. The molecule has 0 aromatic carbocycles. The van der Waals surface area contributed by atoms with E-state index >= 15 is 0 Å². The smallest absolute Gasteiger partial charge is 0.337 e. The van der Waals surface area contributed by atoms with Crippen LogP contribution in [0.3, 0.4) is 0 Å². The number of H-pyrrole nitrogens is 1. The Morgan fingerprint density at radius 2 is 2.07 bits per heavy atom. The van der Waals surface area contributed by atoms with Crippen LogP contribution in [0.5, 0.6) is 0 Å². The monoisotopic (exact) mass is 374 g/mol. The third-order valence-corrected chi connectivity index (χ3v) is 5.89. The van der Waals surface area contributed by atoms with Gasteiger partial charge in [-0.1, -0.05) is 0 Å². The number of fused-ring (bicyclic) bond motifs is 3. The fraction of sp³-hybridized carbons (Fsp3) is 0.318. The Labute approximate surface area is 162 Å². The maximum Gasteiger partial charge on any atom is 0.337 e. The molecule has 2 aliphatic rings. The molecule has 0 bridgehead atoms. The molecule has 1 fully saturated rings. The van der Waals surface area contributed by atoms with Crippen molar-refractivity contribution in [3.8, 4) is 22.5 Å². The number of nitrogens with two attached hydrogens (primary N) is 1. The quantitative estimate of drug-likeness (QED) is 0.650. The van der Waals surface area contributed by atoms with Crippen LogP contribution >= 0.6 is 0 Å². The van der Waals surface area contributed by atoms with Gasteiger partial charge in [0.2, 0.25) is 0 Å². The van der Waals surface area contributed by atoms with Crippen LogP contribution in [0.2, 0.25) is 0 Å². The second-order valence-electron chi connectivity index (χ2n) is 8.15. The van der Waals surface area contributed by atoms with Crippen molar-refractivity contribution in [2.45, 2.75) is 44.6 Å². The minimum atomic E-state index is -0.877. The summed E-state index contributed by atoms with van der Waals surface area (Å²) >= 11 is 0. The van der Waals surface area contributed by atoms with Gasteiger partial charge in [-0.3, -0.25) is 9.97 Å². The van der Waals surface area contributed by atoms with E-state index in [2.05, 4.69) is 21.0 Å². The highest BCUT2D eigenvalue weighted by molar-refractivity contribution is 5.95. The average Bonchev–Trinajstić information content (AvgIpc) is 3.27. The van der Waals surface area contributed by atoms with E-state index in [1.54, 1.807) is 6.20 Å². The maximum atomic E-state index is 12.0. The van der Waals surface area contributed by atoms with E-state index in [1.165, 1.54) is 0 Å². The molecule has 28 heavy (non-hydrogen) atoms. The van der Waals surface area contributed by atoms with Crippen molar-refractivity contribution in [3.63, 3.8) is 0 Å². The zero-order chi connectivity index (χ0) is 19.5. The van der Waals surface area contributed by atoms with Gasteiger partial charge >= 0.3 is 5.97 Å². The van der Waals surface area contributed by atoms with Gasteiger partial charge in [0.05, 0.1) is 17.0 Å². The van der Waals surface area contributed by atoms with E-state index in [-0.39, 0.29) is 5.54 Å². The maximum absolute atomic E-state index is 12.0. The summed E-state index contributed by atoms with van der Waals surface area (Å²) < 4.78 is 0. The van der Waals surface area contributed by atoms with Crippen LogP contribution in [-0.4, -0.2) is 31.6 Å². The van der Waals surface area contributed by atoms with E-state index in [0.29, 0.717) is 18.4 Å². The highest BCUT2D eigenvalue weighted by Gasteiger charge is 2.40. The van der Waals surface area contributed by atoms with Crippen LogP contribution in [0.4, 0.5) is 0 Å². The molecule has 3 aromatic rings. The molecule has 6 nitrogen and oxygen atoms in total. The highest BCUT2D eigenvalue weighted by atomic mass is 16.4. The lowest BCUT2D eigenvalue weighted by molar-refractivity contribution is 0.0694. The van der Waals surface area contributed by atoms with Crippen molar-refractivity contribution in [3.05, 3.63) is 58.7 Å². The molecule has 0 radical (unpaired) electrons. The molecule has 4 N–H and O–H groups in total. The number of hydrogen-bond donors (Lipinski definition) is 3. The van der Waals surface area contributed by atoms with Gasteiger partial charge in [0.15, 0.2) is 0 Å². The number of aryl methyl sites for hydroxylation is 2. The third-order valence-electron chi connectivity index (χ3n) is 5.89. The van der Waals surface area contributed by atoms with Gasteiger partial charge in [-0.05, 0) is 61.4 Å². The molecule has 1 saturated carbocycles. The third kappa shape index (κ3) is 2.81. The van der Waals surface area contributed by atoms with Gasteiger partial charge < -0.3 is 15.8 Å². The molecule has 3 heterocycles. The molecular weight excluding hydrogens is 352 g/mol. The van der Waals surface area contributed by atoms with Gasteiger partial charge in [0, 0.05) is 47.4 Å². The Hall–Kier alpha value is -2.99. The lowest BCUT2D eigenvalue weighted by atomic mass is 9.88. The number of carboxylic acids is 1. The van der Waals surface area contributed by atoms with Gasteiger partial charge in [-0.15, -0.1) is 0 Å². The molecule has 3 aromatic heterocycles. The standard InChI is InChI=1S/C22H22N4O2/c1-12-6-14(10-24-9-12)17-7-16-13(11-25-17)2-3-15-19(21(27)28)18(26-20(15)16)8-22(23)4-5-22/h6-7,9-11,26H,2-5,8,23H2,1H3,(H,27,28). The van der Waals surface area contributed by atoms with Crippen molar-refractivity contribution >= 4 is 5.97 Å². The predicted molar refractivity (Wildman–Crippen MR) is 106 cm³/mol. The summed E-state index contributed by atoms with van der Waals surface area (Å²) in [6.07, 6.45) is 9.48. The number of rotatable bonds is 4. The van der Waals surface area contributed by atoms with E-state index < -0.39 is 5.97 Å². The summed E-state index contributed by atoms with van der Waals surface area (Å²) in [5, 5.41) is 9.86. The number of carbonyl (C=O) groups is 1. The van der Waals surface area contributed by atoms with Crippen LogP contribution < -0.4 is 5.73 Å². The van der Waals surface area contributed by atoms with Crippen molar-refractivity contribution in [2.24, 2.45) is 5.73 Å². The van der Waals surface area contributed by atoms with Crippen molar-refractivity contribution in [2.75, 3.05) is 0 Å². The topological polar surface area (TPSA) is 105 Å². The molecule has 0 amide bonds. The first kappa shape index (κ1) is 17.1. The number of aromatic carboxylic acids is 1. The first-order valence-corrected chi connectivity index (χ1v) is 9.61. The number of aromatic amines is 1. The number of hydrogen-bond acceptors (Lipinski definition) is 4. The lowest BCUT2D eigenvalue weighted by Gasteiger charge is -2.17. The van der Waals surface area contributed by atoms with Crippen LogP contribution in [0, 0.1) is 6.92 Å². The Kier molecular flexibility index (Phi) is 3.67. The summed E-state index contributed by atoms with van der Waals surface area (Å²) in [5.74, 6) is -0.877. The zero-order valence-corrected chi connectivity index (χ0v) is 15.7. The largest absolute Gasteiger partial charge is 0.478 e. The lowest BCUT2D eigenvalue weighted by Crippen LogP contribution is -2.25. The second kappa shape index (κ2) is 6.01. The second-order valence-corrected chi connectivity index (χ2v) is 8.15. The van der Waals surface area contributed by atoms with Gasteiger partial charge in [0.25, 0.3) is 0 Å². The van der Waals surface area contributed by atoms with Crippen molar-refractivity contribution in [1.82, 2.24) is 15.0 Å². The predicted octanol–water partition coefficient (Wildman–Crippen LogP) is 3.28. The van der Waals surface area contributed by atoms with Crippen LogP contribution in [0.25, 0.3) is 22.5 Å². The number of aromatic nitrogens is 3. The molecule has 0 atom stereocenters. The average molecular weight is 374 g/mol. The van der Waals surface area contributed by atoms with Crippen LogP contribution in [-0.2, 0) is 19.3 Å². The van der Waals surface area contributed by atoms with Crippen LogP contribution in [0.1, 0.15) is 45.6 Å². The summed E-state index contributed by atoms with van der Waals surface area (Å²) in [6.45, 7) is 2.00. The van der Waals surface area contributed by atoms with E-state index in [4.69, 9.17) is 5.73 Å². The molecule has 0 spiro atoms. The first-order chi connectivity index (χ1) is 13.4. The fourth-order valence-electron chi connectivity index (χ4n) is 4.18. The molecule has 5 rings (SSSR count). The first-order valence-electron chi connectivity index (χ1n) is 9.61. The minimum Gasteiger partial charge on any atom is -0.478 e. The Morgan fingerprint density at radius 3 is 2.79 bits per heavy atom. The molecule has 142 valence electrons. The Bertz CT molecular complexity index is 1110. The van der Waals surface area contributed by atoms with E-state index in [9.17, 15) is 9.90 Å².